The number of hydrogen-bond donors (Lipinski definition) is 0. The van der Waals surface area contributed by atoms with Crippen molar-refractivity contribution in [1.29, 1.82) is 0 Å². The van der Waals surface area contributed by atoms with Crippen LogP contribution in [-0.4, -0.2) is 12.1 Å². The van der Waals surface area contributed by atoms with E-state index in [1.165, 1.54) is 12.7 Å². The molecule has 0 heterocycles. The third-order valence-electron chi connectivity index (χ3n) is 1.79. The molecule has 0 fully saturated rings. The molecule has 0 bridgehead atoms. The standard InChI is InChI=1S/C6HF5.C6H12O.H2O/c7-2-1-3(8)5(10)6(11)4(2)9;1-3-5-6-7-4-2;/h1H;4H,2-3,5-6H2,1H3;1H2. The molecule has 19 heavy (non-hydrogen) atoms. The van der Waals surface area contributed by atoms with Gasteiger partial charge >= 0.3 is 0 Å². The van der Waals surface area contributed by atoms with Gasteiger partial charge in [0.1, 0.15) is 0 Å². The molecule has 0 saturated heterocycles. The Kier molecular flexibility index (Phi) is 10.7. The Morgan fingerprint density at radius 1 is 1.05 bits per heavy atom. The van der Waals surface area contributed by atoms with Crippen molar-refractivity contribution in [2.45, 2.75) is 19.8 Å². The first-order valence-corrected chi connectivity index (χ1v) is 5.16. The number of benzene rings is 1. The number of halogens is 5. The molecule has 1 rings (SSSR count). The lowest BCUT2D eigenvalue weighted by atomic mass is 10.3. The predicted molar refractivity (Wildman–Crippen MR) is 60.9 cm³/mol. The van der Waals surface area contributed by atoms with Crippen molar-refractivity contribution >= 4 is 0 Å². The van der Waals surface area contributed by atoms with E-state index < -0.39 is 29.1 Å². The third-order valence-corrected chi connectivity index (χ3v) is 1.79. The van der Waals surface area contributed by atoms with Crippen LogP contribution in [-0.2, 0) is 4.74 Å². The van der Waals surface area contributed by atoms with Crippen LogP contribution >= 0.6 is 0 Å². The van der Waals surface area contributed by atoms with Crippen LogP contribution in [0.15, 0.2) is 18.9 Å². The van der Waals surface area contributed by atoms with E-state index in [0.717, 1.165) is 13.0 Å². The molecule has 0 atom stereocenters. The fourth-order valence-corrected chi connectivity index (χ4v) is 0.855. The molecule has 0 spiro atoms. The fraction of sp³-hybridized carbons (Fsp3) is 0.333. The Bertz CT molecular complexity index is 370. The smallest absolute Gasteiger partial charge is 0.200 e. The number of hydrogen-bond acceptors (Lipinski definition) is 1. The van der Waals surface area contributed by atoms with Gasteiger partial charge in [-0.05, 0) is 6.42 Å². The molecule has 0 saturated carbocycles. The van der Waals surface area contributed by atoms with Crippen molar-refractivity contribution in [2.24, 2.45) is 0 Å². The van der Waals surface area contributed by atoms with Gasteiger partial charge in [0.15, 0.2) is 23.3 Å². The Morgan fingerprint density at radius 2 is 1.53 bits per heavy atom. The zero-order chi connectivity index (χ0) is 14.1. The van der Waals surface area contributed by atoms with E-state index >= 15 is 0 Å². The maximum atomic E-state index is 12.0. The van der Waals surface area contributed by atoms with Crippen molar-refractivity contribution in [2.75, 3.05) is 6.61 Å². The summed E-state index contributed by atoms with van der Waals surface area (Å²) in [6.45, 7) is 6.36. The van der Waals surface area contributed by atoms with Gasteiger partial charge in [-0.1, -0.05) is 19.9 Å². The molecule has 7 heteroatoms. The molecular formula is C12H15F5O2. The average molecular weight is 286 g/mol. The van der Waals surface area contributed by atoms with Crippen LogP contribution < -0.4 is 0 Å². The van der Waals surface area contributed by atoms with Crippen molar-refractivity contribution in [3.63, 3.8) is 0 Å². The van der Waals surface area contributed by atoms with Crippen molar-refractivity contribution in [3.8, 4) is 0 Å². The number of rotatable bonds is 4. The Morgan fingerprint density at radius 3 is 1.89 bits per heavy atom. The van der Waals surface area contributed by atoms with Gasteiger partial charge < -0.3 is 10.2 Å². The molecule has 0 aliphatic carbocycles. The van der Waals surface area contributed by atoms with Gasteiger partial charge in [0, 0.05) is 6.07 Å². The Labute approximate surface area is 107 Å². The summed E-state index contributed by atoms with van der Waals surface area (Å²) in [6.07, 6.45) is 3.80. The molecule has 0 aliphatic rings. The van der Waals surface area contributed by atoms with Crippen LogP contribution in [0.5, 0.6) is 0 Å². The van der Waals surface area contributed by atoms with E-state index in [2.05, 4.69) is 13.5 Å². The highest BCUT2D eigenvalue weighted by Gasteiger charge is 2.18. The third kappa shape index (κ3) is 6.76. The summed E-state index contributed by atoms with van der Waals surface area (Å²) in [5.74, 6) is -9.65. The van der Waals surface area contributed by atoms with E-state index in [1.807, 2.05) is 0 Å². The highest BCUT2D eigenvalue weighted by molar-refractivity contribution is 5.12. The summed E-state index contributed by atoms with van der Waals surface area (Å²) >= 11 is 0. The minimum atomic E-state index is -2.14. The lowest BCUT2D eigenvalue weighted by molar-refractivity contribution is 0.245. The quantitative estimate of drug-likeness (QED) is 0.274. The highest BCUT2D eigenvalue weighted by Crippen LogP contribution is 2.16. The molecule has 2 nitrogen and oxygen atoms in total. The zero-order valence-electron chi connectivity index (χ0n) is 10.3. The van der Waals surface area contributed by atoms with Gasteiger partial charge in [0.2, 0.25) is 5.82 Å². The fourth-order valence-electron chi connectivity index (χ4n) is 0.855. The predicted octanol–water partition coefficient (Wildman–Crippen LogP) is 3.50. The van der Waals surface area contributed by atoms with Crippen LogP contribution in [0.4, 0.5) is 22.0 Å². The lowest BCUT2D eigenvalue weighted by Gasteiger charge is -1.96. The topological polar surface area (TPSA) is 40.7 Å². The average Bonchev–Trinajstić information content (AvgIpc) is 2.35. The molecule has 1 aromatic carbocycles. The van der Waals surface area contributed by atoms with Crippen LogP contribution in [0.1, 0.15) is 19.8 Å². The second-order valence-electron chi connectivity index (χ2n) is 3.17. The first-order valence-electron chi connectivity index (χ1n) is 5.16. The number of unbranched alkanes of at least 4 members (excludes halogenated alkanes) is 1. The summed E-state index contributed by atoms with van der Waals surface area (Å²) in [6, 6.07) is -0.0618. The maximum Gasteiger partial charge on any atom is 0.200 e. The van der Waals surface area contributed by atoms with Gasteiger partial charge in [-0.2, -0.15) is 0 Å². The van der Waals surface area contributed by atoms with Crippen LogP contribution in [0.2, 0.25) is 0 Å². The minimum absolute atomic E-state index is 0. The van der Waals surface area contributed by atoms with Crippen molar-refractivity contribution in [1.82, 2.24) is 0 Å². The van der Waals surface area contributed by atoms with Crippen LogP contribution in [0.25, 0.3) is 0 Å². The monoisotopic (exact) mass is 286 g/mol. The Balaban J connectivity index is 0. The van der Waals surface area contributed by atoms with Gasteiger partial charge in [-0.3, -0.25) is 0 Å². The van der Waals surface area contributed by atoms with E-state index in [1.54, 1.807) is 0 Å². The SMILES string of the molecule is C=COCCCC.Fc1cc(F)c(F)c(F)c1F.O. The zero-order valence-corrected chi connectivity index (χ0v) is 10.3. The second kappa shape index (κ2) is 10.3. The highest BCUT2D eigenvalue weighted by atomic mass is 19.2. The first kappa shape index (κ1) is 19.7. The molecule has 110 valence electrons. The largest absolute Gasteiger partial charge is 0.502 e. The van der Waals surface area contributed by atoms with E-state index in [0.29, 0.717) is 0 Å². The molecule has 0 aliphatic heterocycles. The molecule has 0 radical (unpaired) electrons. The summed E-state index contributed by atoms with van der Waals surface area (Å²) in [5.41, 5.74) is 0. The molecular weight excluding hydrogens is 271 g/mol. The molecule has 2 N–H and O–H groups in total. The first-order chi connectivity index (χ1) is 8.45. The van der Waals surface area contributed by atoms with Crippen LogP contribution in [0.3, 0.4) is 0 Å². The second-order valence-corrected chi connectivity index (χ2v) is 3.17. The molecule has 0 aromatic heterocycles. The summed E-state index contributed by atoms with van der Waals surface area (Å²) in [5, 5.41) is 0. The summed E-state index contributed by atoms with van der Waals surface area (Å²) in [4.78, 5) is 0. The minimum Gasteiger partial charge on any atom is -0.502 e. The summed E-state index contributed by atoms with van der Waals surface area (Å²) < 4.78 is 64.9. The van der Waals surface area contributed by atoms with Crippen molar-refractivity contribution in [3.05, 3.63) is 48.0 Å². The van der Waals surface area contributed by atoms with Crippen molar-refractivity contribution < 1.29 is 32.2 Å². The molecule has 0 unspecified atom stereocenters. The number of ether oxygens (including phenoxy) is 1. The van der Waals surface area contributed by atoms with Gasteiger partial charge in [-0.15, -0.1) is 0 Å². The molecule has 0 amide bonds. The maximum absolute atomic E-state index is 12.0. The van der Waals surface area contributed by atoms with E-state index in [-0.39, 0.29) is 11.5 Å². The summed E-state index contributed by atoms with van der Waals surface area (Å²) in [7, 11) is 0. The van der Waals surface area contributed by atoms with E-state index in [9.17, 15) is 22.0 Å². The molecule has 1 aromatic rings. The van der Waals surface area contributed by atoms with E-state index in [4.69, 9.17) is 4.74 Å². The normalized spacial score (nSPS) is 8.95. The van der Waals surface area contributed by atoms with Gasteiger partial charge in [-0.25, -0.2) is 22.0 Å². The lowest BCUT2D eigenvalue weighted by Crippen LogP contribution is -1.98. The van der Waals surface area contributed by atoms with Gasteiger partial charge in [0.25, 0.3) is 0 Å². The Hall–Kier alpha value is -1.63. The van der Waals surface area contributed by atoms with Crippen LogP contribution in [0, 0.1) is 29.1 Å². The van der Waals surface area contributed by atoms with Gasteiger partial charge in [0.05, 0.1) is 12.9 Å².